The Balaban J connectivity index is 2.64. The first-order valence-electron chi connectivity index (χ1n) is 5.32. The maximum Gasteiger partial charge on any atom is 0.310 e. The van der Waals surface area contributed by atoms with Crippen LogP contribution in [0.15, 0.2) is 33.9 Å². The summed E-state index contributed by atoms with van der Waals surface area (Å²) in [6.45, 7) is 2.29. The molecule has 1 aromatic heterocycles. The van der Waals surface area contributed by atoms with Gasteiger partial charge in [-0.05, 0) is 18.1 Å². The van der Waals surface area contributed by atoms with Gasteiger partial charge in [0.1, 0.15) is 0 Å². The second kappa shape index (κ2) is 5.02. The normalized spacial score (nSPS) is 12.8. The molecular formula is C12H12ClNO2S. The van der Waals surface area contributed by atoms with E-state index in [1.165, 1.54) is 4.57 Å². The van der Waals surface area contributed by atoms with Crippen LogP contribution in [0.25, 0.3) is 10.1 Å². The molecule has 0 fully saturated rings. The van der Waals surface area contributed by atoms with Gasteiger partial charge in [0.15, 0.2) is 0 Å². The van der Waals surface area contributed by atoms with Gasteiger partial charge in [0.2, 0.25) is 0 Å². The van der Waals surface area contributed by atoms with E-state index >= 15 is 0 Å². The zero-order valence-corrected chi connectivity index (χ0v) is 10.9. The summed E-state index contributed by atoms with van der Waals surface area (Å²) in [5.41, 5.74) is -0.221. The number of aromatic nitrogens is 1. The van der Waals surface area contributed by atoms with Crippen molar-refractivity contribution < 1.29 is 0 Å². The lowest BCUT2D eigenvalue weighted by atomic mass is 10.2. The van der Waals surface area contributed by atoms with Gasteiger partial charge >= 0.3 is 4.87 Å². The first-order valence-corrected chi connectivity index (χ1v) is 6.67. The smallest absolute Gasteiger partial charge is 0.269 e. The summed E-state index contributed by atoms with van der Waals surface area (Å²) in [7, 11) is 0. The number of fused-ring (bicyclic) bond motifs is 1. The standard InChI is InChI=1S/C12H12ClNO2S/c1-8(6-13)7-14-11(15)9-4-2-3-5-10(9)17-12(14)16/h2-5,8H,6-7H2,1H3. The lowest BCUT2D eigenvalue weighted by Crippen LogP contribution is -2.33. The van der Waals surface area contributed by atoms with Crippen LogP contribution in [-0.4, -0.2) is 10.4 Å². The molecule has 1 heterocycles. The van der Waals surface area contributed by atoms with Crippen LogP contribution < -0.4 is 10.4 Å². The van der Waals surface area contributed by atoms with Crippen LogP contribution in [0.2, 0.25) is 0 Å². The van der Waals surface area contributed by atoms with E-state index in [9.17, 15) is 9.59 Å². The molecule has 0 radical (unpaired) electrons. The largest absolute Gasteiger partial charge is 0.310 e. The summed E-state index contributed by atoms with van der Waals surface area (Å²) in [5.74, 6) is 0.541. The molecular weight excluding hydrogens is 258 g/mol. The van der Waals surface area contributed by atoms with E-state index in [1.54, 1.807) is 18.2 Å². The summed E-state index contributed by atoms with van der Waals surface area (Å²) in [6.07, 6.45) is 0. The molecule has 0 bridgehead atoms. The monoisotopic (exact) mass is 269 g/mol. The van der Waals surface area contributed by atoms with Crippen molar-refractivity contribution in [3.8, 4) is 0 Å². The summed E-state index contributed by atoms with van der Waals surface area (Å²) in [5, 5.41) is 0.596. The van der Waals surface area contributed by atoms with Crippen LogP contribution in [0, 0.1) is 5.92 Å². The molecule has 0 amide bonds. The van der Waals surface area contributed by atoms with Crippen molar-refractivity contribution in [3.63, 3.8) is 0 Å². The summed E-state index contributed by atoms with van der Waals surface area (Å²) < 4.78 is 2.01. The maximum atomic E-state index is 12.1. The molecule has 0 N–H and O–H groups in total. The van der Waals surface area contributed by atoms with E-state index in [4.69, 9.17) is 11.6 Å². The molecule has 2 aromatic rings. The lowest BCUT2D eigenvalue weighted by molar-refractivity contribution is 0.512. The first kappa shape index (κ1) is 12.3. The second-order valence-electron chi connectivity index (χ2n) is 4.04. The van der Waals surface area contributed by atoms with Crippen LogP contribution in [0.1, 0.15) is 6.92 Å². The van der Waals surface area contributed by atoms with Gasteiger partial charge in [0.05, 0.1) is 5.39 Å². The number of benzene rings is 1. The Morgan fingerprint density at radius 1 is 1.35 bits per heavy atom. The van der Waals surface area contributed by atoms with E-state index in [2.05, 4.69) is 0 Å². The molecule has 17 heavy (non-hydrogen) atoms. The molecule has 0 saturated heterocycles. The molecule has 0 aliphatic carbocycles. The molecule has 0 aliphatic heterocycles. The van der Waals surface area contributed by atoms with Crippen molar-refractivity contribution in [3.05, 3.63) is 44.3 Å². The number of halogens is 1. The van der Waals surface area contributed by atoms with E-state index in [0.717, 1.165) is 16.0 Å². The minimum absolute atomic E-state index is 0.107. The van der Waals surface area contributed by atoms with Crippen molar-refractivity contribution in [1.82, 2.24) is 4.57 Å². The number of hydrogen-bond acceptors (Lipinski definition) is 3. The second-order valence-corrected chi connectivity index (χ2v) is 5.34. The molecule has 3 nitrogen and oxygen atoms in total. The van der Waals surface area contributed by atoms with E-state index in [0.29, 0.717) is 17.8 Å². The highest BCUT2D eigenvalue weighted by Crippen LogP contribution is 2.11. The predicted molar refractivity (Wildman–Crippen MR) is 72.2 cm³/mol. The fraction of sp³-hybridized carbons (Fsp3) is 0.333. The van der Waals surface area contributed by atoms with Gasteiger partial charge < -0.3 is 0 Å². The Labute approximate surface area is 107 Å². The molecule has 2 rings (SSSR count). The van der Waals surface area contributed by atoms with Gasteiger partial charge in [0.25, 0.3) is 5.56 Å². The maximum absolute atomic E-state index is 12.1. The minimum atomic E-state index is -0.221. The van der Waals surface area contributed by atoms with E-state index in [-0.39, 0.29) is 16.4 Å². The Morgan fingerprint density at radius 2 is 2.06 bits per heavy atom. The highest BCUT2D eigenvalue weighted by molar-refractivity contribution is 7.16. The third kappa shape index (κ3) is 2.42. The average Bonchev–Trinajstić information content (AvgIpc) is 2.34. The molecule has 0 aliphatic rings. The Kier molecular flexibility index (Phi) is 3.64. The predicted octanol–water partition coefficient (Wildman–Crippen LogP) is 2.30. The number of nitrogens with zero attached hydrogens (tertiary/aromatic N) is 1. The highest BCUT2D eigenvalue weighted by atomic mass is 35.5. The molecule has 0 spiro atoms. The van der Waals surface area contributed by atoms with Gasteiger partial charge in [0, 0.05) is 17.1 Å². The highest BCUT2D eigenvalue weighted by Gasteiger charge is 2.10. The van der Waals surface area contributed by atoms with Crippen LogP contribution in [0.5, 0.6) is 0 Å². The zero-order chi connectivity index (χ0) is 12.4. The Morgan fingerprint density at radius 3 is 2.76 bits per heavy atom. The topological polar surface area (TPSA) is 39.1 Å². The molecule has 1 unspecified atom stereocenters. The number of rotatable bonds is 3. The minimum Gasteiger partial charge on any atom is -0.269 e. The number of hydrogen-bond donors (Lipinski definition) is 0. The Hall–Kier alpha value is -1.13. The van der Waals surface area contributed by atoms with Crippen molar-refractivity contribution in [2.24, 2.45) is 5.92 Å². The fourth-order valence-electron chi connectivity index (χ4n) is 1.63. The summed E-state index contributed by atoms with van der Waals surface area (Å²) in [6, 6.07) is 7.16. The summed E-state index contributed by atoms with van der Waals surface area (Å²) in [4.78, 5) is 23.8. The van der Waals surface area contributed by atoms with Crippen molar-refractivity contribution in [2.45, 2.75) is 13.5 Å². The average molecular weight is 270 g/mol. The third-order valence-corrected chi connectivity index (χ3v) is 4.04. The molecule has 90 valence electrons. The molecule has 0 saturated carbocycles. The van der Waals surface area contributed by atoms with Gasteiger partial charge in [-0.2, -0.15) is 0 Å². The zero-order valence-electron chi connectivity index (χ0n) is 9.35. The Bertz CT molecular complexity index is 647. The summed E-state index contributed by atoms with van der Waals surface area (Å²) >= 11 is 6.81. The molecule has 1 aromatic carbocycles. The fourth-order valence-corrected chi connectivity index (χ4v) is 2.59. The van der Waals surface area contributed by atoms with Crippen LogP contribution in [0.4, 0.5) is 0 Å². The van der Waals surface area contributed by atoms with Gasteiger partial charge in [-0.1, -0.05) is 30.4 Å². The van der Waals surface area contributed by atoms with Gasteiger partial charge in [-0.25, -0.2) is 0 Å². The van der Waals surface area contributed by atoms with Crippen molar-refractivity contribution >= 4 is 33.0 Å². The third-order valence-electron chi connectivity index (χ3n) is 2.54. The van der Waals surface area contributed by atoms with Crippen LogP contribution >= 0.6 is 22.9 Å². The van der Waals surface area contributed by atoms with Gasteiger partial charge in [-0.15, -0.1) is 11.6 Å². The van der Waals surface area contributed by atoms with Crippen molar-refractivity contribution in [1.29, 1.82) is 0 Å². The van der Waals surface area contributed by atoms with Crippen LogP contribution in [-0.2, 0) is 6.54 Å². The number of alkyl halides is 1. The van der Waals surface area contributed by atoms with Crippen molar-refractivity contribution in [2.75, 3.05) is 5.88 Å². The van der Waals surface area contributed by atoms with E-state index in [1.807, 2.05) is 13.0 Å². The molecule has 5 heteroatoms. The lowest BCUT2D eigenvalue weighted by Gasteiger charge is -2.09. The van der Waals surface area contributed by atoms with E-state index < -0.39 is 0 Å². The first-order chi connectivity index (χ1) is 8.13. The quantitative estimate of drug-likeness (QED) is 0.802. The molecule has 1 atom stereocenters. The van der Waals surface area contributed by atoms with Gasteiger partial charge in [-0.3, -0.25) is 14.2 Å². The SMILES string of the molecule is CC(CCl)Cn1c(=O)sc2ccccc2c1=O. The van der Waals surface area contributed by atoms with Crippen LogP contribution in [0.3, 0.4) is 0 Å².